The molecule has 230 valence electrons. The summed E-state index contributed by atoms with van der Waals surface area (Å²) in [4.78, 5) is 0. The number of hydrogen-bond donors (Lipinski definition) is 0. The quantitative estimate of drug-likeness (QED) is 0.174. The third-order valence-electron chi connectivity index (χ3n) is 11.4. The molecule has 2 aliphatic carbocycles. The van der Waals surface area contributed by atoms with E-state index in [0.29, 0.717) is 0 Å². The first-order chi connectivity index (χ1) is 23.8. The van der Waals surface area contributed by atoms with Gasteiger partial charge in [0.1, 0.15) is 0 Å². The van der Waals surface area contributed by atoms with Crippen LogP contribution in [0, 0.1) is 0 Å². The molecule has 0 amide bonds. The lowest BCUT2D eigenvalue weighted by molar-refractivity contribution is 0.682. The highest BCUT2D eigenvalue weighted by Gasteiger charge is 2.23. The Bertz CT molecular complexity index is 2380. The molecule has 0 aromatic heterocycles. The summed E-state index contributed by atoms with van der Waals surface area (Å²) in [5, 5.41) is 10.7. The van der Waals surface area contributed by atoms with E-state index in [2.05, 4.69) is 133 Å². The molecule has 2 aliphatic rings. The topological polar surface area (TPSA) is 0 Å². The Morgan fingerprint density at radius 1 is 0.292 bits per heavy atom. The average molecular weight is 615 g/mol. The number of hydrogen-bond acceptors (Lipinski definition) is 0. The van der Waals surface area contributed by atoms with Gasteiger partial charge in [-0.15, -0.1) is 0 Å². The Morgan fingerprint density at radius 2 is 0.667 bits per heavy atom. The highest BCUT2D eigenvalue weighted by Crippen LogP contribution is 2.45. The van der Waals surface area contributed by atoms with Crippen LogP contribution in [-0.2, 0) is 25.7 Å². The zero-order valence-electron chi connectivity index (χ0n) is 27.4. The Balaban J connectivity index is 1.26. The largest absolute Gasteiger partial charge is 0.0616 e. The molecule has 0 heteroatoms. The van der Waals surface area contributed by atoms with Crippen LogP contribution in [0.4, 0.5) is 0 Å². The van der Waals surface area contributed by atoms with Crippen molar-refractivity contribution in [2.24, 2.45) is 0 Å². The van der Waals surface area contributed by atoms with Crippen molar-refractivity contribution >= 4 is 43.1 Å². The lowest BCUT2D eigenvalue weighted by Crippen LogP contribution is -2.09. The third kappa shape index (κ3) is 4.43. The van der Waals surface area contributed by atoms with E-state index in [9.17, 15) is 0 Å². The van der Waals surface area contributed by atoms with E-state index in [1.54, 1.807) is 22.3 Å². The minimum atomic E-state index is 1.17. The van der Waals surface area contributed by atoms with Gasteiger partial charge in [-0.1, -0.05) is 109 Å². The molecule has 0 spiro atoms. The average Bonchev–Trinajstić information content (AvgIpc) is 3.16. The van der Waals surface area contributed by atoms with E-state index in [1.165, 1.54) is 128 Å². The first-order valence-corrected chi connectivity index (χ1v) is 17.9. The molecule has 48 heavy (non-hydrogen) atoms. The summed E-state index contributed by atoms with van der Waals surface area (Å²) in [6.45, 7) is 0. The van der Waals surface area contributed by atoms with Gasteiger partial charge in [0.2, 0.25) is 0 Å². The van der Waals surface area contributed by atoms with Crippen molar-refractivity contribution < 1.29 is 0 Å². The van der Waals surface area contributed by atoms with Crippen LogP contribution in [-0.4, -0.2) is 0 Å². The van der Waals surface area contributed by atoms with Gasteiger partial charge in [-0.3, -0.25) is 0 Å². The van der Waals surface area contributed by atoms with Crippen LogP contribution in [0.1, 0.15) is 47.9 Å². The van der Waals surface area contributed by atoms with Crippen molar-refractivity contribution in [2.75, 3.05) is 0 Å². The minimum absolute atomic E-state index is 1.17. The zero-order valence-corrected chi connectivity index (χ0v) is 27.4. The molecule has 0 saturated heterocycles. The molecule has 8 aromatic rings. The standard InChI is InChI=1S/C48H38/c1-7-19-39-31(13-1)25-35(45-27-33-15-3-5-17-37(33)41-21-9-11-23-43(41)45)29-47(39)48-30-36(26-32-14-2-8-20-40(32)48)46-28-34-16-4-6-18-38(34)42-22-10-12-24-44(42)46/h3-6,9-12,15-18,21-30H,1-2,7-8,13-14,19-20H2. The van der Waals surface area contributed by atoms with Crippen LogP contribution < -0.4 is 0 Å². The van der Waals surface area contributed by atoms with Gasteiger partial charge in [0.05, 0.1) is 0 Å². The first-order valence-electron chi connectivity index (χ1n) is 17.9. The van der Waals surface area contributed by atoms with Crippen molar-refractivity contribution in [1.29, 1.82) is 0 Å². The van der Waals surface area contributed by atoms with E-state index >= 15 is 0 Å². The minimum Gasteiger partial charge on any atom is -0.0616 e. The maximum atomic E-state index is 2.58. The van der Waals surface area contributed by atoms with Gasteiger partial charge in [-0.25, -0.2) is 0 Å². The molecule has 0 radical (unpaired) electrons. The van der Waals surface area contributed by atoms with Gasteiger partial charge in [-0.05, 0) is 174 Å². The second-order valence-electron chi connectivity index (χ2n) is 14.1. The fourth-order valence-electron chi connectivity index (χ4n) is 9.11. The molecule has 0 unspecified atom stereocenters. The summed E-state index contributed by atoms with van der Waals surface area (Å²) < 4.78 is 0. The second-order valence-corrected chi connectivity index (χ2v) is 14.1. The van der Waals surface area contributed by atoms with Crippen molar-refractivity contribution in [3.8, 4) is 33.4 Å². The SMILES string of the molecule is c1ccc2c(c1)cc(-c1cc3c(c(-c4cc(-c5cc6ccccc6c6ccccc56)cc5c4CCCC5)c1)CCCC3)c1ccccc12. The van der Waals surface area contributed by atoms with Gasteiger partial charge < -0.3 is 0 Å². The Kier molecular flexibility index (Phi) is 6.51. The molecular formula is C48H38. The molecule has 0 fully saturated rings. The Morgan fingerprint density at radius 3 is 1.12 bits per heavy atom. The normalized spacial score (nSPS) is 14.4. The number of benzene rings is 8. The summed E-state index contributed by atoms with van der Waals surface area (Å²) in [6, 6.07) is 50.9. The van der Waals surface area contributed by atoms with Crippen molar-refractivity contribution in [2.45, 2.75) is 51.4 Å². The van der Waals surface area contributed by atoms with E-state index in [-0.39, 0.29) is 0 Å². The number of fused-ring (bicyclic) bond motifs is 8. The summed E-state index contributed by atoms with van der Waals surface area (Å²) in [7, 11) is 0. The summed E-state index contributed by atoms with van der Waals surface area (Å²) in [5.41, 5.74) is 14.7. The summed E-state index contributed by atoms with van der Waals surface area (Å²) in [6.07, 6.45) is 9.76. The summed E-state index contributed by atoms with van der Waals surface area (Å²) >= 11 is 0. The van der Waals surface area contributed by atoms with Gasteiger partial charge >= 0.3 is 0 Å². The molecule has 0 N–H and O–H groups in total. The van der Waals surface area contributed by atoms with E-state index in [0.717, 1.165) is 0 Å². The molecule has 0 atom stereocenters. The predicted octanol–water partition coefficient (Wildman–Crippen LogP) is 13.1. The third-order valence-corrected chi connectivity index (χ3v) is 11.4. The van der Waals surface area contributed by atoms with Gasteiger partial charge in [0.15, 0.2) is 0 Å². The van der Waals surface area contributed by atoms with E-state index in [4.69, 9.17) is 0 Å². The Labute approximate surface area is 282 Å². The highest BCUT2D eigenvalue weighted by atomic mass is 14.3. The highest BCUT2D eigenvalue weighted by molar-refractivity contribution is 6.15. The van der Waals surface area contributed by atoms with Crippen LogP contribution in [0.3, 0.4) is 0 Å². The molecule has 0 nitrogen and oxygen atoms in total. The monoisotopic (exact) mass is 614 g/mol. The number of aryl methyl sites for hydroxylation is 2. The van der Waals surface area contributed by atoms with Crippen molar-refractivity contribution in [1.82, 2.24) is 0 Å². The van der Waals surface area contributed by atoms with Crippen LogP contribution in [0.25, 0.3) is 76.5 Å². The summed E-state index contributed by atoms with van der Waals surface area (Å²) in [5.74, 6) is 0. The fraction of sp³-hybridized carbons (Fsp3) is 0.167. The number of rotatable bonds is 3. The van der Waals surface area contributed by atoms with Gasteiger partial charge in [-0.2, -0.15) is 0 Å². The van der Waals surface area contributed by atoms with Crippen LogP contribution >= 0.6 is 0 Å². The zero-order chi connectivity index (χ0) is 31.6. The molecule has 8 aromatic carbocycles. The lowest BCUT2D eigenvalue weighted by atomic mass is 9.78. The molecule has 0 aliphatic heterocycles. The fourth-order valence-corrected chi connectivity index (χ4v) is 9.11. The first kappa shape index (κ1) is 27.9. The second kappa shape index (κ2) is 11.2. The van der Waals surface area contributed by atoms with Crippen LogP contribution in [0.2, 0.25) is 0 Å². The van der Waals surface area contributed by atoms with Crippen LogP contribution in [0.15, 0.2) is 133 Å². The predicted molar refractivity (Wildman–Crippen MR) is 206 cm³/mol. The smallest absolute Gasteiger partial charge is 0.00987 e. The van der Waals surface area contributed by atoms with Crippen molar-refractivity contribution in [3.05, 3.63) is 156 Å². The van der Waals surface area contributed by atoms with E-state index < -0.39 is 0 Å². The van der Waals surface area contributed by atoms with E-state index in [1.807, 2.05) is 0 Å². The van der Waals surface area contributed by atoms with Gasteiger partial charge in [0.25, 0.3) is 0 Å². The molecule has 0 saturated carbocycles. The van der Waals surface area contributed by atoms with Crippen molar-refractivity contribution in [3.63, 3.8) is 0 Å². The maximum absolute atomic E-state index is 2.58. The lowest BCUT2D eigenvalue weighted by Gasteiger charge is -2.27. The molecule has 0 heterocycles. The molecular weight excluding hydrogens is 577 g/mol. The molecule has 0 bridgehead atoms. The maximum Gasteiger partial charge on any atom is -0.00987 e. The van der Waals surface area contributed by atoms with Crippen LogP contribution in [0.5, 0.6) is 0 Å². The molecule has 10 rings (SSSR count). The van der Waals surface area contributed by atoms with Gasteiger partial charge in [0, 0.05) is 0 Å². The Hall–Kier alpha value is -5.20.